The molecule has 5 rings (SSSR count). The highest BCUT2D eigenvalue weighted by molar-refractivity contribution is 6.10. The third-order valence-corrected chi connectivity index (χ3v) is 6.12. The number of rotatable bonds is 3. The summed E-state index contributed by atoms with van der Waals surface area (Å²) in [7, 11) is 0. The van der Waals surface area contributed by atoms with Crippen LogP contribution in [0.5, 0.6) is 0 Å². The maximum atomic E-state index is 14.3. The van der Waals surface area contributed by atoms with Gasteiger partial charge in [-0.15, -0.1) is 0 Å². The SMILES string of the molecule is O=C(NC1CCN2C(=O)c3cc(-c4ccccc4F)ccc3NC(=O)C2C1)c1cccnc1. The number of nitrogens with zero attached hydrogens (tertiary/aromatic N) is 2. The number of piperidine rings is 1. The van der Waals surface area contributed by atoms with Gasteiger partial charge in [0, 0.05) is 30.5 Å². The molecule has 33 heavy (non-hydrogen) atoms. The van der Waals surface area contributed by atoms with Gasteiger partial charge in [0.1, 0.15) is 11.9 Å². The third kappa shape index (κ3) is 3.95. The summed E-state index contributed by atoms with van der Waals surface area (Å²) in [4.78, 5) is 44.4. The van der Waals surface area contributed by atoms with Crippen LogP contribution < -0.4 is 10.6 Å². The first-order valence-corrected chi connectivity index (χ1v) is 10.7. The zero-order chi connectivity index (χ0) is 22.9. The van der Waals surface area contributed by atoms with Gasteiger partial charge in [0.2, 0.25) is 5.91 Å². The fraction of sp³-hybridized carbons (Fsp3) is 0.200. The minimum absolute atomic E-state index is 0.257. The molecule has 0 aliphatic carbocycles. The summed E-state index contributed by atoms with van der Waals surface area (Å²) in [6.45, 7) is 0.318. The van der Waals surface area contributed by atoms with Crippen LogP contribution in [-0.2, 0) is 4.79 Å². The number of carbonyl (C=O) groups is 3. The summed E-state index contributed by atoms with van der Waals surface area (Å²) in [6, 6.07) is 13.7. The molecular weight excluding hydrogens is 423 g/mol. The predicted molar refractivity (Wildman–Crippen MR) is 120 cm³/mol. The fourth-order valence-corrected chi connectivity index (χ4v) is 4.42. The van der Waals surface area contributed by atoms with Crippen molar-refractivity contribution in [2.75, 3.05) is 11.9 Å². The van der Waals surface area contributed by atoms with Gasteiger partial charge < -0.3 is 15.5 Å². The summed E-state index contributed by atoms with van der Waals surface area (Å²) in [5.41, 5.74) is 2.11. The van der Waals surface area contributed by atoms with E-state index in [1.54, 1.807) is 59.6 Å². The molecule has 1 aromatic heterocycles. The minimum atomic E-state index is -0.713. The Morgan fingerprint density at radius 2 is 1.94 bits per heavy atom. The molecule has 2 aromatic carbocycles. The minimum Gasteiger partial charge on any atom is -0.349 e. The van der Waals surface area contributed by atoms with Crippen molar-refractivity contribution in [1.82, 2.24) is 15.2 Å². The van der Waals surface area contributed by atoms with Crippen molar-refractivity contribution in [3.05, 3.63) is 83.9 Å². The first-order chi connectivity index (χ1) is 16.0. The molecule has 0 saturated carbocycles. The van der Waals surface area contributed by atoms with E-state index in [9.17, 15) is 18.8 Å². The van der Waals surface area contributed by atoms with Gasteiger partial charge in [-0.3, -0.25) is 19.4 Å². The molecule has 0 bridgehead atoms. The fourth-order valence-electron chi connectivity index (χ4n) is 4.42. The van der Waals surface area contributed by atoms with Crippen molar-refractivity contribution < 1.29 is 18.8 Å². The van der Waals surface area contributed by atoms with E-state index < -0.39 is 6.04 Å². The van der Waals surface area contributed by atoms with Crippen molar-refractivity contribution in [2.45, 2.75) is 24.9 Å². The Labute approximate surface area is 189 Å². The molecule has 2 atom stereocenters. The molecule has 3 heterocycles. The quantitative estimate of drug-likeness (QED) is 0.649. The molecule has 1 saturated heterocycles. The summed E-state index contributed by atoms with van der Waals surface area (Å²) in [5.74, 6) is -1.24. The van der Waals surface area contributed by atoms with Crippen molar-refractivity contribution in [2.24, 2.45) is 0 Å². The van der Waals surface area contributed by atoms with Gasteiger partial charge in [0.05, 0.1) is 16.8 Å². The topological polar surface area (TPSA) is 91.4 Å². The van der Waals surface area contributed by atoms with Gasteiger partial charge >= 0.3 is 0 Å². The van der Waals surface area contributed by atoms with Crippen molar-refractivity contribution >= 4 is 23.4 Å². The number of nitrogens with one attached hydrogen (secondary N) is 2. The van der Waals surface area contributed by atoms with Gasteiger partial charge in [-0.05, 0) is 48.7 Å². The Bertz CT molecular complexity index is 1250. The lowest BCUT2D eigenvalue weighted by atomic mass is 9.95. The molecule has 2 aliphatic heterocycles. The summed E-state index contributed by atoms with van der Waals surface area (Å²) in [5, 5.41) is 5.78. The van der Waals surface area contributed by atoms with Crippen molar-refractivity contribution in [3.8, 4) is 11.1 Å². The maximum absolute atomic E-state index is 14.3. The Balaban J connectivity index is 1.38. The Kier molecular flexibility index (Phi) is 5.34. The summed E-state index contributed by atoms with van der Waals surface area (Å²) in [6.07, 6.45) is 3.89. The number of hydrogen-bond donors (Lipinski definition) is 2. The monoisotopic (exact) mass is 444 g/mol. The molecule has 1 fully saturated rings. The van der Waals surface area contributed by atoms with E-state index in [1.165, 1.54) is 12.3 Å². The zero-order valence-electron chi connectivity index (χ0n) is 17.6. The standard InChI is InChI=1S/C25H21FN4O3/c26-20-6-2-1-5-18(20)15-7-8-21-19(12-15)25(33)30-11-9-17(13-22(30)24(32)29-21)28-23(31)16-4-3-10-27-14-16/h1-8,10,12,14,17,22H,9,11,13H2,(H,28,31)(H,29,32). The highest BCUT2D eigenvalue weighted by atomic mass is 19.1. The van der Waals surface area contributed by atoms with Crippen LogP contribution in [0.25, 0.3) is 11.1 Å². The van der Waals surface area contributed by atoms with E-state index in [0.717, 1.165) is 0 Å². The number of pyridine rings is 1. The first kappa shape index (κ1) is 20.8. The average molecular weight is 444 g/mol. The van der Waals surface area contributed by atoms with E-state index in [0.29, 0.717) is 47.3 Å². The molecule has 2 unspecified atom stereocenters. The van der Waals surface area contributed by atoms with Crippen LogP contribution in [0.2, 0.25) is 0 Å². The molecule has 2 aliphatic rings. The van der Waals surface area contributed by atoms with Gasteiger partial charge in [-0.2, -0.15) is 0 Å². The predicted octanol–water partition coefficient (Wildman–Crippen LogP) is 3.24. The normalized spacial score (nSPS) is 19.7. The molecule has 7 nitrogen and oxygen atoms in total. The molecule has 0 spiro atoms. The highest BCUT2D eigenvalue weighted by Gasteiger charge is 2.40. The number of fused-ring (bicyclic) bond motifs is 2. The van der Waals surface area contributed by atoms with Crippen LogP contribution in [-0.4, -0.2) is 46.2 Å². The smallest absolute Gasteiger partial charge is 0.256 e. The molecule has 8 heteroatoms. The second-order valence-electron chi connectivity index (χ2n) is 8.18. The van der Waals surface area contributed by atoms with E-state index in [2.05, 4.69) is 15.6 Å². The Morgan fingerprint density at radius 1 is 1.09 bits per heavy atom. The number of carbonyl (C=O) groups excluding carboxylic acids is 3. The van der Waals surface area contributed by atoms with Gasteiger partial charge in [0.25, 0.3) is 11.8 Å². The highest BCUT2D eigenvalue weighted by Crippen LogP contribution is 2.32. The van der Waals surface area contributed by atoms with Crippen molar-refractivity contribution in [3.63, 3.8) is 0 Å². The third-order valence-electron chi connectivity index (χ3n) is 6.12. The van der Waals surface area contributed by atoms with Crippen LogP contribution in [0, 0.1) is 5.82 Å². The lowest BCUT2D eigenvalue weighted by Gasteiger charge is -2.37. The molecule has 166 valence electrons. The largest absolute Gasteiger partial charge is 0.349 e. The van der Waals surface area contributed by atoms with Crippen LogP contribution >= 0.6 is 0 Å². The van der Waals surface area contributed by atoms with E-state index in [4.69, 9.17) is 0 Å². The lowest BCUT2D eigenvalue weighted by Crippen LogP contribution is -2.55. The molecule has 2 N–H and O–H groups in total. The second-order valence-corrected chi connectivity index (χ2v) is 8.18. The zero-order valence-corrected chi connectivity index (χ0v) is 17.6. The van der Waals surface area contributed by atoms with Gasteiger partial charge in [-0.25, -0.2) is 4.39 Å². The second kappa shape index (κ2) is 8.46. The number of halogens is 1. The molecule has 0 radical (unpaired) electrons. The molecule has 3 aromatic rings. The number of hydrogen-bond acceptors (Lipinski definition) is 4. The van der Waals surface area contributed by atoms with Crippen LogP contribution in [0.3, 0.4) is 0 Å². The average Bonchev–Trinajstić information content (AvgIpc) is 2.94. The number of benzene rings is 2. The number of amides is 3. The van der Waals surface area contributed by atoms with Gasteiger partial charge in [0.15, 0.2) is 0 Å². The van der Waals surface area contributed by atoms with E-state index >= 15 is 0 Å². The maximum Gasteiger partial charge on any atom is 0.256 e. The lowest BCUT2D eigenvalue weighted by molar-refractivity contribution is -0.121. The molecular formula is C25H21FN4O3. The Hall–Kier alpha value is -4.07. The van der Waals surface area contributed by atoms with Crippen LogP contribution in [0.15, 0.2) is 67.0 Å². The first-order valence-electron chi connectivity index (χ1n) is 10.7. The Morgan fingerprint density at radius 3 is 2.73 bits per heavy atom. The summed E-state index contributed by atoms with van der Waals surface area (Å²) < 4.78 is 14.3. The van der Waals surface area contributed by atoms with Crippen LogP contribution in [0.4, 0.5) is 10.1 Å². The van der Waals surface area contributed by atoms with Crippen molar-refractivity contribution in [1.29, 1.82) is 0 Å². The molecule has 3 amide bonds. The number of anilines is 1. The van der Waals surface area contributed by atoms with Gasteiger partial charge in [-0.1, -0.05) is 24.3 Å². The van der Waals surface area contributed by atoms with Crippen LogP contribution in [0.1, 0.15) is 33.6 Å². The number of aromatic nitrogens is 1. The van der Waals surface area contributed by atoms with E-state index in [1.807, 2.05) is 0 Å². The summed E-state index contributed by atoms with van der Waals surface area (Å²) >= 11 is 0. The van der Waals surface area contributed by atoms with E-state index in [-0.39, 0.29) is 29.6 Å².